The van der Waals surface area contributed by atoms with Gasteiger partial charge in [-0.2, -0.15) is 0 Å². The summed E-state index contributed by atoms with van der Waals surface area (Å²) in [5.41, 5.74) is 2.32. The highest BCUT2D eigenvalue weighted by atomic mass is 35.5. The van der Waals surface area contributed by atoms with Crippen molar-refractivity contribution in [3.63, 3.8) is 0 Å². The number of hydrogen-bond donors (Lipinski definition) is 2. The highest BCUT2D eigenvalue weighted by molar-refractivity contribution is 6.31. The van der Waals surface area contributed by atoms with E-state index < -0.39 is 0 Å². The Hall–Kier alpha value is -2.33. The predicted molar refractivity (Wildman–Crippen MR) is 86.8 cm³/mol. The van der Waals surface area contributed by atoms with Crippen molar-refractivity contribution in [3.05, 3.63) is 70.2 Å². The number of carbonyl (C=O) groups is 2. The third-order valence-electron chi connectivity index (χ3n) is 3.24. The molecule has 22 heavy (non-hydrogen) atoms. The maximum atomic E-state index is 11.9. The van der Waals surface area contributed by atoms with Crippen LogP contribution in [0.15, 0.2) is 48.5 Å². The quantitative estimate of drug-likeness (QED) is 0.890. The van der Waals surface area contributed by atoms with Gasteiger partial charge in [-0.05, 0) is 29.3 Å². The van der Waals surface area contributed by atoms with Crippen LogP contribution in [-0.2, 0) is 17.8 Å². The zero-order valence-corrected chi connectivity index (χ0v) is 13.0. The molecule has 4 nitrogen and oxygen atoms in total. The molecule has 0 saturated carbocycles. The smallest absolute Gasteiger partial charge is 0.251 e. The van der Waals surface area contributed by atoms with Crippen LogP contribution in [0.4, 0.5) is 0 Å². The van der Waals surface area contributed by atoms with Crippen molar-refractivity contribution in [1.29, 1.82) is 0 Å². The fraction of sp³-hybridized carbons (Fsp3) is 0.176. The highest BCUT2D eigenvalue weighted by Crippen LogP contribution is 2.15. The minimum Gasteiger partial charge on any atom is -0.355 e. The van der Waals surface area contributed by atoms with Crippen LogP contribution in [-0.4, -0.2) is 18.9 Å². The third-order valence-corrected chi connectivity index (χ3v) is 3.61. The molecule has 0 heterocycles. The average molecular weight is 317 g/mol. The molecule has 0 saturated heterocycles. The maximum absolute atomic E-state index is 11.9. The van der Waals surface area contributed by atoms with Gasteiger partial charge in [0.25, 0.3) is 5.91 Å². The molecule has 0 aliphatic carbocycles. The van der Waals surface area contributed by atoms with E-state index >= 15 is 0 Å². The van der Waals surface area contributed by atoms with Crippen LogP contribution in [0.3, 0.4) is 0 Å². The lowest BCUT2D eigenvalue weighted by molar-refractivity contribution is -0.120. The van der Waals surface area contributed by atoms with Gasteiger partial charge in [0, 0.05) is 24.2 Å². The number of benzene rings is 2. The molecule has 0 radical (unpaired) electrons. The normalized spacial score (nSPS) is 10.1. The second-order valence-electron chi connectivity index (χ2n) is 4.82. The standard InChI is InChI=1S/C17H17ClN2O2/c1-19-17(22)13-8-6-12(7-9-13)11-20-16(21)10-14-4-2-3-5-15(14)18/h2-9H,10-11H2,1H3,(H,19,22)(H,20,21). The van der Waals surface area contributed by atoms with Crippen LogP contribution >= 0.6 is 11.6 Å². The van der Waals surface area contributed by atoms with Crippen molar-refractivity contribution in [1.82, 2.24) is 10.6 Å². The van der Waals surface area contributed by atoms with E-state index in [4.69, 9.17) is 11.6 Å². The molecular weight excluding hydrogens is 300 g/mol. The van der Waals surface area contributed by atoms with Crippen LogP contribution in [0.2, 0.25) is 5.02 Å². The SMILES string of the molecule is CNC(=O)c1ccc(CNC(=O)Cc2ccccc2Cl)cc1. The van der Waals surface area contributed by atoms with Gasteiger partial charge >= 0.3 is 0 Å². The molecule has 0 spiro atoms. The maximum Gasteiger partial charge on any atom is 0.251 e. The van der Waals surface area contributed by atoms with Crippen molar-refractivity contribution in [2.24, 2.45) is 0 Å². The summed E-state index contributed by atoms with van der Waals surface area (Å²) in [5.74, 6) is -0.224. The van der Waals surface area contributed by atoms with Crippen molar-refractivity contribution >= 4 is 23.4 Å². The molecule has 0 fully saturated rings. The molecular formula is C17H17ClN2O2. The Balaban J connectivity index is 1.89. The molecule has 0 aliphatic heterocycles. The molecule has 0 bridgehead atoms. The summed E-state index contributed by atoms with van der Waals surface area (Å²) in [7, 11) is 1.59. The largest absolute Gasteiger partial charge is 0.355 e. The van der Waals surface area contributed by atoms with Crippen molar-refractivity contribution in [2.45, 2.75) is 13.0 Å². The van der Waals surface area contributed by atoms with E-state index in [1.165, 1.54) is 0 Å². The second-order valence-corrected chi connectivity index (χ2v) is 5.23. The summed E-state index contributed by atoms with van der Waals surface area (Å²) in [5, 5.41) is 5.99. The first kappa shape index (κ1) is 16.0. The Morgan fingerprint density at radius 3 is 2.36 bits per heavy atom. The number of nitrogens with one attached hydrogen (secondary N) is 2. The summed E-state index contributed by atoms with van der Waals surface area (Å²) < 4.78 is 0. The minimum absolute atomic E-state index is 0.0940. The van der Waals surface area contributed by atoms with Gasteiger partial charge < -0.3 is 10.6 Å². The first-order chi connectivity index (χ1) is 10.6. The van der Waals surface area contributed by atoms with E-state index in [9.17, 15) is 9.59 Å². The molecule has 2 amide bonds. The van der Waals surface area contributed by atoms with Crippen molar-refractivity contribution < 1.29 is 9.59 Å². The van der Waals surface area contributed by atoms with E-state index in [2.05, 4.69) is 10.6 Å². The van der Waals surface area contributed by atoms with Crippen LogP contribution in [0.25, 0.3) is 0 Å². The first-order valence-corrected chi connectivity index (χ1v) is 7.29. The molecule has 0 aliphatic rings. The lowest BCUT2D eigenvalue weighted by Gasteiger charge is -2.07. The first-order valence-electron chi connectivity index (χ1n) is 6.91. The molecule has 0 aromatic heterocycles. The second kappa shape index (κ2) is 7.61. The van der Waals surface area contributed by atoms with Crippen molar-refractivity contribution in [2.75, 3.05) is 7.05 Å². The lowest BCUT2D eigenvalue weighted by Crippen LogP contribution is -2.24. The summed E-state index contributed by atoms with van der Waals surface area (Å²) >= 11 is 6.03. The molecule has 2 rings (SSSR count). The zero-order valence-electron chi connectivity index (χ0n) is 12.2. The molecule has 2 N–H and O–H groups in total. The highest BCUT2D eigenvalue weighted by Gasteiger charge is 2.07. The molecule has 5 heteroatoms. The van der Waals surface area contributed by atoms with Gasteiger partial charge in [-0.25, -0.2) is 0 Å². The van der Waals surface area contributed by atoms with Crippen LogP contribution in [0.1, 0.15) is 21.5 Å². The van der Waals surface area contributed by atoms with Gasteiger partial charge in [-0.1, -0.05) is 41.9 Å². The lowest BCUT2D eigenvalue weighted by atomic mass is 10.1. The Morgan fingerprint density at radius 2 is 1.73 bits per heavy atom. The predicted octanol–water partition coefficient (Wildman–Crippen LogP) is 2.56. The third kappa shape index (κ3) is 4.33. The minimum atomic E-state index is -0.130. The van der Waals surface area contributed by atoms with E-state index in [1.54, 1.807) is 25.2 Å². The Kier molecular flexibility index (Phi) is 5.55. The van der Waals surface area contributed by atoms with Crippen molar-refractivity contribution in [3.8, 4) is 0 Å². The van der Waals surface area contributed by atoms with Gasteiger partial charge in [-0.3, -0.25) is 9.59 Å². The molecule has 114 valence electrons. The number of halogens is 1. The summed E-state index contributed by atoms with van der Waals surface area (Å²) in [4.78, 5) is 23.4. The van der Waals surface area contributed by atoms with E-state index in [0.717, 1.165) is 11.1 Å². The fourth-order valence-corrected chi connectivity index (χ4v) is 2.20. The van der Waals surface area contributed by atoms with Crippen LogP contribution in [0.5, 0.6) is 0 Å². The van der Waals surface area contributed by atoms with Crippen LogP contribution in [0, 0.1) is 0 Å². The molecule has 0 unspecified atom stereocenters. The summed E-state index contributed by atoms with van der Waals surface area (Å²) in [6.07, 6.45) is 0.246. The fourth-order valence-electron chi connectivity index (χ4n) is 2.00. The van der Waals surface area contributed by atoms with Gasteiger partial charge in [0.2, 0.25) is 5.91 Å². The number of carbonyl (C=O) groups excluding carboxylic acids is 2. The van der Waals surface area contributed by atoms with E-state index in [-0.39, 0.29) is 18.2 Å². The zero-order chi connectivity index (χ0) is 15.9. The van der Waals surface area contributed by atoms with Gasteiger partial charge in [0.1, 0.15) is 0 Å². The number of rotatable bonds is 5. The number of hydrogen-bond acceptors (Lipinski definition) is 2. The van der Waals surface area contributed by atoms with Gasteiger partial charge in [0.05, 0.1) is 6.42 Å². The number of amides is 2. The monoisotopic (exact) mass is 316 g/mol. The summed E-state index contributed by atoms with van der Waals surface area (Å²) in [6, 6.07) is 14.4. The van der Waals surface area contributed by atoms with E-state index in [0.29, 0.717) is 17.1 Å². The Bertz CT molecular complexity index is 669. The average Bonchev–Trinajstić information content (AvgIpc) is 2.55. The Labute approximate surface area is 134 Å². The molecule has 0 atom stereocenters. The summed E-state index contributed by atoms with van der Waals surface area (Å²) in [6.45, 7) is 0.414. The Morgan fingerprint density at radius 1 is 1.05 bits per heavy atom. The van der Waals surface area contributed by atoms with Gasteiger partial charge in [-0.15, -0.1) is 0 Å². The molecule has 2 aromatic rings. The topological polar surface area (TPSA) is 58.2 Å². The van der Waals surface area contributed by atoms with E-state index in [1.807, 2.05) is 30.3 Å². The van der Waals surface area contributed by atoms with Crippen LogP contribution < -0.4 is 10.6 Å². The van der Waals surface area contributed by atoms with Gasteiger partial charge in [0.15, 0.2) is 0 Å². The molecule has 2 aromatic carbocycles.